The molecule has 0 radical (unpaired) electrons. The molecule has 1 aromatic heterocycles. The van der Waals surface area contributed by atoms with E-state index in [4.69, 9.17) is 13.9 Å². The molecule has 2 aliphatic rings. The minimum absolute atomic E-state index is 0.0505. The van der Waals surface area contributed by atoms with Gasteiger partial charge in [-0.2, -0.15) is 0 Å². The zero-order valence-corrected chi connectivity index (χ0v) is 18.4. The maximum Gasteiger partial charge on any atom is 0.289 e. The fraction of sp³-hybridized carbons (Fsp3) is 0.478. The summed E-state index contributed by atoms with van der Waals surface area (Å²) in [7, 11) is 3.31. The number of fused-ring (bicyclic) bond motifs is 1. The van der Waals surface area contributed by atoms with Crippen molar-refractivity contribution in [1.82, 2.24) is 9.80 Å². The van der Waals surface area contributed by atoms with Crippen molar-refractivity contribution in [3.05, 3.63) is 46.9 Å². The topological polar surface area (TPSA) is 76.7 Å². The number of nitrogens with zero attached hydrogens (tertiary/aromatic N) is 2. The molecule has 1 fully saturated rings. The number of hydrogen-bond acceptors (Lipinski definition) is 5. The lowest BCUT2D eigenvalue weighted by molar-refractivity contribution is -0.930. The van der Waals surface area contributed by atoms with Gasteiger partial charge in [0.15, 0.2) is 23.0 Å². The average Bonchev–Trinajstić information content (AvgIpc) is 3.26. The number of carbonyl (C=O) groups is 2. The smallest absolute Gasteiger partial charge is 0.289 e. The Balaban J connectivity index is 1.37. The molecule has 1 saturated heterocycles. The number of carbonyl (C=O) groups excluding carboxylic acids is 2. The highest BCUT2D eigenvalue weighted by Gasteiger charge is 2.27. The van der Waals surface area contributed by atoms with E-state index in [0.717, 1.165) is 43.3 Å². The first-order chi connectivity index (χ1) is 15.0. The first-order valence-electron chi connectivity index (χ1n) is 10.7. The highest BCUT2D eigenvalue weighted by atomic mass is 16.5. The van der Waals surface area contributed by atoms with Gasteiger partial charge in [-0.15, -0.1) is 0 Å². The summed E-state index contributed by atoms with van der Waals surface area (Å²) in [5.74, 6) is 2.64. The van der Waals surface area contributed by atoms with Gasteiger partial charge >= 0.3 is 0 Å². The van der Waals surface area contributed by atoms with Gasteiger partial charge in [0.1, 0.15) is 13.1 Å². The Morgan fingerprint density at radius 1 is 1.00 bits per heavy atom. The third-order valence-corrected chi connectivity index (χ3v) is 6.20. The van der Waals surface area contributed by atoms with E-state index < -0.39 is 0 Å². The fourth-order valence-corrected chi connectivity index (χ4v) is 4.40. The Kier molecular flexibility index (Phi) is 6.18. The van der Waals surface area contributed by atoms with E-state index in [-0.39, 0.29) is 11.8 Å². The molecule has 0 aliphatic carbocycles. The number of nitrogens with one attached hydrogen (secondary N) is 1. The summed E-state index contributed by atoms with van der Waals surface area (Å²) in [6.45, 7) is 6.34. The molecule has 31 heavy (non-hydrogen) atoms. The molecule has 2 amide bonds. The minimum Gasteiger partial charge on any atom is -0.493 e. The molecule has 0 saturated carbocycles. The van der Waals surface area contributed by atoms with Crippen LogP contribution < -0.4 is 14.4 Å². The number of ether oxygens (including phenoxy) is 2. The molecular weight excluding hydrogens is 398 g/mol. The number of piperazine rings is 1. The van der Waals surface area contributed by atoms with Gasteiger partial charge in [0.2, 0.25) is 5.91 Å². The van der Waals surface area contributed by atoms with Crippen LogP contribution in [0.25, 0.3) is 0 Å². The van der Waals surface area contributed by atoms with E-state index in [1.165, 1.54) is 16.0 Å². The van der Waals surface area contributed by atoms with Crippen LogP contribution in [0, 0.1) is 0 Å². The zero-order valence-electron chi connectivity index (χ0n) is 18.4. The first kappa shape index (κ1) is 21.2. The Bertz CT molecular complexity index is 962. The normalized spacial score (nSPS) is 18.5. The van der Waals surface area contributed by atoms with Crippen molar-refractivity contribution < 1.29 is 28.4 Å². The summed E-state index contributed by atoms with van der Waals surface area (Å²) in [5.41, 5.74) is 2.55. The van der Waals surface area contributed by atoms with Crippen LogP contribution in [0.5, 0.6) is 11.5 Å². The second kappa shape index (κ2) is 9.01. The molecule has 1 N–H and O–H groups in total. The fourth-order valence-electron chi connectivity index (χ4n) is 4.40. The minimum atomic E-state index is -0.106. The molecule has 0 bridgehead atoms. The molecule has 1 atom stereocenters. The number of furan rings is 1. The maximum atomic E-state index is 12.8. The van der Waals surface area contributed by atoms with Crippen molar-refractivity contribution in [3.8, 4) is 11.5 Å². The van der Waals surface area contributed by atoms with Crippen LogP contribution in [-0.4, -0.2) is 68.6 Å². The summed E-state index contributed by atoms with van der Waals surface area (Å²) < 4.78 is 16.8. The summed E-state index contributed by atoms with van der Waals surface area (Å²) in [6.07, 6.45) is 0.956. The second-order valence-corrected chi connectivity index (χ2v) is 8.14. The Morgan fingerprint density at radius 3 is 2.29 bits per heavy atom. The molecule has 0 spiro atoms. The standard InChI is InChI=1S/C23H29N3O5/c1-16(27)25-8-10-26(11-9-25)23(28)20-5-4-19(31-20)15-24-7-6-17-12-21(29-2)22(30-3)13-18(17)14-24/h4-5,12-13H,6-11,14-15H2,1-3H3/p+1. The molecular formula is C23H30N3O5+. The molecule has 4 rings (SSSR count). The van der Waals surface area contributed by atoms with Crippen molar-refractivity contribution in [1.29, 1.82) is 0 Å². The van der Waals surface area contributed by atoms with Crippen molar-refractivity contribution in [2.75, 3.05) is 46.9 Å². The number of hydrogen-bond donors (Lipinski definition) is 1. The van der Waals surface area contributed by atoms with E-state index in [9.17, 15) is 9.59 Å². The Morgan fingerprint density at radius 2 is 1.65 bits per heavy atom. The van der Waals surface area contributed by atoms with Crippen molar-refractivity contribution in [3.63, 3.8) is 0 Å². The number of amides is 2. The molecule has 2 aromatic rings. The van der Waals surface area contributed by atoms with Crippen LogP contribution in [0.15, 0.2) is 28.7 Å². The number of quaternary nitrogens is 1. The summed E-state index contributed by atoms with van der Waals surface area (Å²) in [5, 5.41) is 0. The van der Waals surface area contributed by atoms with E-state index in [1.807, 2.05) is 6.07 Å². The molecule has 8 nitrogen and oxygen atoms in total. The van der Waals surface area contributed by atoms with Gasteiger partial charge in [0, 0.05) is 45.1 Å². The maximum absolute atomic E-state index is 12.8. The van der Waals surface area contributed by atoms with Crippen LogP contribution in [0.2, 0.25) is 0 Å². The summed E-state index contributed by atoms with van der Waals surface area (Å²) in [4.78, 5) is 29.1. The predicted octanol–water partition coefficient (Wildman–Crippen LogP) is 0.742. The largest absolute Gasteiger partial charge is 0.493 e. The SMILES string of the molecule is COc1cc2c(cc1OC)C[NH+](Cc1ccc(C(=O)N3CCN(C(C)=O)CC3)o1)CC2. The first-order valence-corrected chi connectivity index (χ1v) is 10.7. The Hall–Kier alpha value is -3.00. The lowest BCUT2D eigenvalue weighted by Crippen LogP contribution is -3.10. The highest BCUT2D eigenvalue weighted by Crippen LogP contribution is 2.31. The van der Waals surface area contributed by atoms with Crippen molar-refractivity contribution in [2.45, 2.75) is 26.4 Å². The molecule has 1 unspecified atom stereocenters. The van der Waals surface area contributed by atoms with Gasteiger partial charge in [0.05, 0.1) is 20.8 Å². The van der Waals surface area contributed by atoms with Crippen LogP contribution in [0.4, 0.5) is 0 Å². The van der Waals surface area contributed by atoms with Crippen LogP contribution in [0.3, 0.4) is 0 Å². The van der Waals surface area contributed by atoms with Gasteiger partial charge in [-0.05, 0) is 29.8 Å². The lowest BCUT2D eigenvalue weighted by atomic mass is 9.98. The summed E-state index contributed by atoms with van der Waals surface area (Å²) >= 11 is 0. The van der Waals surface area contributed by atoms with Gasteiger partial charge in [-0.1, -0.05) is 0 Å². The van der Waals surface area contributed by atoms with Crippen LogP contribution in [-0.2, 0) is 24.3 Å². The van der Waals surface area contributed by atoms with Gasteiger partial charge in [-0.3, -0.25) is 9.59 Å². The van der Waals surface area contributed by atoms with Gasteiger partial charge in [0.25, 0.3) is 5.91 Å². The van der Waals surface area contributed by atoms with E-state index in [0.29, 0.717) is 31.9 Å². The van der Waals surface area contributed by atoms with E-state index in [1.54, 1.807) is 37.0 Å². The lowest BCUT2D eigenvalue weighted by Gasteiger charge is -2.33. The van der Waals surface area contributed by atoms with Gasteiger partial charge in [-0.25, -0.2) is 0 Å². The third kappa shape index (κ3) is 4.54. The Labute approximate surface area is 182 Å². The molecule has 8 heteroatoms. The quantitative estimate of drug-likeness (QED) is 0.760. The van der Waals surface area contributed by atoms with E-state index >= 15 is 0 Å². The molecule has 3 heterocycles. The van der Waals surface area contributed by atoms with Crippen molar-refractivity contribution >= 4 is 11.8 Å². The predicted molar refractivity (Wildman–Crippen MR) is 113 cm³/mol. The third-order valence-electron chi connectivity index (χ3n) is 6.20. The molecule has 166 valence electrons. The van der Waals surface area contributed by atoms with Crippen LogP contribution in [0.1, 0.15) is 34.4 Å². The average molecular weight is 429 g/mol. The number of benzene rings is 1. The van der Waals surface area contributed by atoms with E-state index in [2.05, 4.69) is 12.1 Å². The summed E-state index contributed by atoms with van der Waals surface area (Å²) in [6, 6.07) is 7.79. The van der Waals surface area contributed by atoms with Crippen molar-refractivity contribution in [2.24, 2.45) is 0 Å². The molecule has 1 aromatic carbocycles. The van der Waals surface area contributed by atoms with Crippen LogP contribution >= 0.6 is 0 Å². The number of rotatable bonds is 5. The zero-order chi connectivity index (χ0) is 22.0. The molecule has 2 aliphatic heterocycles. The van der Waals surface area contributed by atoms with Gasteiger partial charge < -0.3 is 28.6 Å². The second-order valence-electron chi connectivity index (χ2n) is 8.14. The monoisotopic (exact) mass is 428 g/mol. The number of methoxy groups -OCH3 is 2. The highest BCUT2D eigenvalue weighted by molar-refractivity contribution is 5.91.